The van der Waals surface area contributed by atoms with E-state index in [-0.39, 0.29) is 5.91 Å². The van der Waals surface area contributed by atoms with Crippen LogP contribution >= 0.6 is 0 Å². The van der Waals surface area contributed by atoms with Crippen LogP contribution < -0.4 is 16.0 Å². The van der Waals surface area contributed by atoms with Gasteiger partial charge >= 0.3 is 0 Å². The third kappa shape index (κ3) is 2.58. The molecule has 0 bridgehead atoms. The summed E-state index contributed by atoms with van der Waals surface area (Å²) in [4.78, 5) is 16.2. The summed E-state index contributed by atoms with van der Waals surface area (Å²) in [6, 6.07) is 4.61. The fourth-order valence-corrected chi connectivity index (χ4v) is 3.53. The Bertz CT molecular complexity index is 570. The Morgan fingerprint density at radius 3 is 2.71 bits per heavy atom. The molecule has 114 valence electrons. The van der Waals surface area contributed by atoms with Crippen molar-refractivity contribution < 1.29 is 4.79 Å². The molecule has 3 rings (SSSR count). The molecule has 5 nitrogen and oxygen atoms in total. The number of nitrogen functional groups attached to an aromatic ring is 1. The Hall–Kier alpha value is -1.75. The first-order valence-corrected chi connectivity index (χ1v) is 7.59. The molecule has 2 atom stereocenters. The van der Waals surface area contributed by atoms with Crippen molar-refractivity contribution in [3.05, 3.63) is 17.7 Å². The third-order valence-corrected chi connectivity index (χ3v) is 4.72. The number of aryl methyl sites for hydroxylation is 1. The molecule has 0 radical (unpaired) electrons. The number of benzene rings is 1. The number of likely N-dealkylation sites (N-methyl/N-ethyl adjacent to an activating group) is 1. The van der Waals surface area contributed by atoms with E-state index in [1.165, 1.54) is 0 Å². The maximum absolute atomic E-state index is 11.6. The molecule has 1 aromatic rings. The number of rotatable bonds is 2. The fraction of sp³-hybridized carbons (Fsp3) is 0.562. The molecule has 0 saturated carbocycles. The Labute approximate surface area is 126 Å². The number of hydrogen-bond donors (Lipinski definition) is 2. The number of nitrogens with one attached hydrogen (secondary N) is 1. The standard InChI is InChI=1S/C16H24N4O/c1-10-8-20(9-15(10)19(2)3)14-7-13-11(6-12(14)17)4-5-16(21)18-13/h6-7,10,15H,4-5,8-9,17H2,1-3H3,(H,18,21). The highest BCUT2D eigenvalue weighted by Gasteiger charge is 2.32. The van der Waals surface area contributed by atoms with E-state index in [1.54, 1.807) is 0 Å². The lowest BCUT2D eigenvalue weighted by Crippen LogP contribution is -2.34. The topological polar surface area (TPSA) is 61.6 Å². The molecule has 1 saturated heterocycles. The van der Waals surface area contributed by atoms with Crippen LogP contribution in [0.2, 0.25) is 0 Å². The van der Waals surface area contributed by atoms with Crippen LogP contribution in [0.4, 0.5) is 17.1 Å². The zero-order valence-electron chi connectivity index (χ0n) is 13.0. The van der Waals surface area contributed by atoms with Gasteiger partial charge in [0.15, 0.2) is 0 Å². The first-order chi connectivity index (χ1) is 9.95. The lowest BCUT2D eigenvalue weighted by Gasteiger charge is -2.26. The number of hydrogen-bond acceptors (Lipinski definition) is 4. The van der Waals surface area contributed by atoms with E-state index < -0.39 is 0 Å². The highest BCUT2D eigenvalue weighted by Crippen LogP contribution is 2.36. The first kappa shape index (κ1) is 14.2. The number of amides is 1. The van der Waals surface area contributed by atoms with Gasteiger partial charge in [0.2, 0.25) is 5.91 Å². The van der Waals surface area contributed by atoms with Gasteiger partial charge in [-0.2, -0.15) is 0 Å². The average molecular weight is 288 g/mol. The zero-order chi connectivity index (χ0) is 15.1. The van der Waals surface area contributed by atoms with Gasteiger partial charge in [-0.15, -0.1) is 0 Å². The fourth-order valence-electron chi connectivity index (χ4n) is 3.53. The average Bonchev–Trinajstić information content (AvgIpc) is 2.80. The minimum atomic E-state index is 0.0965. The number of anilines is 3. The molecule has 2 aliphatic heterocycles. The molecule has 21 heavy (non-hydrogen) atoms. The first-order valence-electron chi connectivity index (χ1n) is 7.59. The SMILES string of the molecule is CC1CN(c2cc3c(cc2N)CCC(=O)N3)CC1N(C)C. The van der Waals surface area contributed by atoms with Crippen molar-refractivity contribution in [2.45, 2.75) is 25.8 Å². The maximum Gasteiger partial charge on any atom is 0.224 e. The second kappa shape index (κ2) is 5.22. The highest BCUT2D eigenvalue weighted by atomic mass is 16.1. The minimum absolute atomic E-state index is 0.0965. The van der Waals surface area contributed by atoms with Crippen LogP contribution in [0.15, 0.2) is 12.1 Å². The predicted molar refractivity (Wildman–Crippen MR) is 86.7 cm³/mol. The van der Waals surface area contributed by atoms with Gasteiger partial charge in [-0.05, 0) is 44.1 Å². The van der Waals surface area contributed by atoms with Crippen molar-refractivity contribution in [3.8, 4) is 0 Å². The van der Waals surface area contributed by atoms with Crippen molar-refractivity contribution in [1.29, 1.82) is 0 Å². The van der Waals surface area contributed by atoms with Gasteiger partial charge in [-0.3, -0.25) is 4.79 Å². The summed E-state index contributed by atoms with van der Waals surface area (Å²) >= 11 is 0. The van der Waals surface area contributed by atoms with E-state index in [4.69, 9.17) is 5.73 Å². The molecule has 1 amide bonds. The van der Waals surface area contributed by atoms with Crippen molar-refractivity contribution in [1.82, 2.24) is 4.90 Å². The number of carbonyl (C=O) groups is 1. The Morgan fingerprint density at radius 2 is 2.05 bits per heavy atom. The van der Waals surface area contributed by atoms with E-state index >= 15 is 0 Å². The number of fused-ring (bicyclic) bond motifs is 1. The second-order valence-corrected chi connectivity index (χ2v) is 6.53. The Kier molecular flexibility index (Phi) is 3.53. The molecule has 5 heteroatoms. The summed E-state index contributed by atoms with van der Waals surface area (Å²) in [5, 5.41) is 2.96. The molecular weight excluding hydrogens is 264 g/mol. The van der Waals surface area contributed by atoms with Gasteiger partial charge in [0.25, 0.3) is 0 Å². The smallest absolute Gasteiger partial charge is 0.224 e. The van der Waals surface area contributed by atoms with Crippen molar-refractivity contribution in [2.24, 2.45) is 5.92 Å². The van der Waals surface area contributed by atoms with Gasteiger partial charge in [0.1, 0.15) is 0 Å². The summed E-state index contributed by atoms with van der Waals surface area (Å²) in [5.41, 5.74) is 10.2. The van der Waals surface area contributed by atoms with Crippen LogP contribution in [-0.4, -0.2) is 44.0 Å². The lowest BCUT2D eigenvalue weighted by molar-refractivity contribution is -0.116. The lowest BCUT2D eigenvalue weighted by atomic mass is 10.0. The van der Waals surface area contributed by atoms with Gasteiger partial charge in [0.05, 0.1) is 11.4 Å². The number of carbonyl (C=O) groups excluding carboxylic acids is 1. The number of nitrogens with two attached hydrogens (primary N) is 1. The van der Waals surface area contributed by atoms with Gasteiger partial charge in [-0.25, -0.2) is 0 Å². The summed E-state index contributed by atoms with van der Waals surface area (Å²) < 4.78 is 0. The van der Waals surface area contributed by atoms with Gasteiger partial charge < -0.3 is 20.9 Å². The summed E-state index contributed by atoms with van der Waals surface area (Å²) in [7, 11) is 4.25. The van der Waals surface area contributed by atoms with Crippen LogP contribution in [0.5, 0.6) is 0 Å². The quantitative estimate of drug-likeness (QED) is 0.810. The zero-order valence-corrected chi connectivity index (χ0v) is 13.0. The normalized spacial score (nSPS) is 25.1. The molecule has 0 spiro atoms. The van der Waals surface area contributed by atoms with Crippen LogP contribution in [0.1, 0.15) is 18.9 Å². The monoisotopic (exact) mass is 288 g/mol. The molecule has 2 aliphatic rings. The van der Waals surface area contributed by atoms with Crippen LogP contribution in [0.25, 0.3) is 0 Å². The molecule has 3 N–H and O–H groups in total. The molecule has 2 heterocycles. The second-order valence-electron chi connectivity index (χ2n) is 6.53. The van der Waals surface area contributed by atoms with E-state index in [0.29, 0.717) is 18.4 Å². The van der Waals surface area contributed by atoms with Gasteiger partial charge in [-0.1, -0.05) is 6.92 Å². The maximum atomic E-state index is 11.6. The number of nitrogens with zero attached hydrogens (tertiary/aromatic N) is 2. The molecular formula is C16H24N4O. The van der Waals surface area contributed by atoms with Crippen LogP contribution in [0.3, 0.4) is 0 Å². The summed E-state index contributed by atoms with van der Waals surface area (Å²) in [6.45, 7) is 4.26. The highest BCUT2D eigenvalue weighted by molar-refractivity contribution is 5.95. The van der Waals surface area contributed by atoms with Crippen LogP contribution in [0, 0.1) is 5.92 Å². The third-order valence-electron chi connectivity index (χ3n) is 4.72. The molecule has 0 aromatic heterocycles. The van der Waals surface area contributed by atoms with E-state index in [0.717, 1.165) is 42.1 Å². The Balaban J connectivity index is 1.89. The largest absolute Gasteiger partial charge is 0.397 e. The predicted octanol–water partition coefficient (Wildman–Crippen LogP) is 1.54. The Morgan fingerprint density at radius 1 is 1.29 bits per heavy atom. The summed E-state index contributed by atoms with van der Waals surface area (Å²) in [6.07, 6.45) is 1.33. The molecule has 0 aliphatic carbocycles. The van der Waals surface area contributed by atoms with Crippen molar-refractivity contribution in [2.75, 3.05) is 43.1 Å². The molecule has 2 unspecified atom stereocenters. The van der Waals surface area contributed by atoms with Crippen molar-refractivity contribution >= 4 is 23.0 Å². The summed E-state index contributed by atoms with van der Waals surface area (Å²) in [5.74, 6) is 0.698. The molecule has 1 aromatic carbocycles. The van der Waals surface area contributed by atoms with E-state index in [2.05, 4.69) is 36.1 Å². The van der Waals surface area contributed by atoms with E-state index in [1.807, 2.05) is 12.1 Å². The molecule has 1 fully saturated rings. The minimum Gasteiger partial charge on any atom is -0.397 e. The van der Waals surface area contributed by atoms with Crippen LogP contribution in [-0.2, 0) is 11.2 Å². The van der Waals surface area contributed by atoms with E-state index in [9.17, 15) is 4.79 Å². The van der Waals surface area contributed by atoms with Crippen molar-refractivity contribution in [3.63, 3.8) is 0 Å². The van der Waals surface area contributed by atoms with Gasteiger partial charge in [0, 0.05) is 31.2 Å².